The topological polar surface area (TPSA) is 83.4 Å². The van der Waals surface area contributed by atoms with Crippen LogP contribution in [0.5, 0.6) is 0 Å². The van der Waals surface area contributed by atoms with Crippen LogP contribution in [0.15, 0.2) is 54.5 Å². The maximum absolute atomic E-state index is 12.3. The van der Waals surface area contributed by atoms with E-state index >= 15 is 0 Å². The van der Waals surface area contributed by atoms with Crippen LogP contribution < -0.4 is 10.6 Å². The molecule has 0 atom stereocenters. The number of nitrogens with zero attached hydrogens (tertiary/aromatic N) is 2. The van der Waals surface area contributed by atoms with Crippen LogP contribution in [0.25, 0.3) is 6.08 Å². The number of para-hydroxylation sites is 1. The van der Waals surface area contributed by atoms with Gasteiger partial charge < -0.3 is 15.2 Å². The molecule has 1 aliphatic heterocycles. The molecule has 0 bridgehead atoms. The van der Waals surface area contributed by atoms with E-state index in [9.17, 15) is 14.4 Å². The Morgan fingerprint density at radius 1 is 1.21 bits per heavy atom. The van der Waals surface area contributed by atoms with Crippen molar-refractivity contribution in [3.63, 3.8) is 0 Å². The smallest absolute Gasteiger partial charge is 0.329 e. The summed E-state index contributed by atoms with van der Waals surface area (Å²) in [5.41, 5.74) is 1.55. The summed E-state index contributed by atoms with van der Waals surface area (Å²) >= 11 is 0. The van der Waals surface area contributed by atoms with Gasteiger partial charge in [0.15, 0.2) is 0 Å². The van der Waals surface area contributed by atoms with E-state index in [2.05, 4.69) is 10.6 Å². The van der Waals surface area contributed by atoms with Crippen molar-refractivity contribution in [1.29, 1.82) is 0 Å². The van der Waals surface area contributed by atoms with Crippen molar-refractivity contribution < 1.29 is 14.4 Å². The zero-order chi connectivity index (χ0) is 17.1. The van der Waals surface area contributed by atoms with Gasteiger partial charge >= 0.3 is 6.03 Å². The monoisotopic (exact) mass is 324 g/mol. The zero-order valence-electron chi connectivity index (χ0n) is 13.0. The molecule has 7 nitrogen and oxygen atoms in total. The summed E-state index contributed by atoms with van der Waals surface area (Å²) in [5, 5.41) is 5.13. The standard InChI is InChI=1S/C17H16N4O3/c1-20-8-7-12(10-20)9-14-16(23)21(17(24)19-14)11-15(22)18-13-5-3-2-4-6-13/h2-10H,11H2,1H3,(H,18,22)(H,19,24)/b14-9+. The SMILES string of the molecule is Cn1ccc(/C=C2/NC(=O)N(CC(=O)Nc3ccccc3)C2=O)c1. The van der Waals surface area contributed by atoms with Crippen LogP contribution in [0, 0.1) is 0 Å². The highest BCUT2D eigenvalue weighted by Gasteiger charge is 2.34. The number of hydrogen-bond acceptors (Lipinski definition) is 3. The van der Waals surface area contributed by atoms with Gasteiger partial charge in [-0.25, -0.2) is 9.69 Å². The van der Waals surface area contributed by atoms with Crippen molar-refractivity contribution in [2.24, 2.45) is 7.05 Å². The molecular formula is C17H16N4O3. The Hall–Kier alpha value is -3.35. The quantitative estimate of drug-likeness (QED) is 0.661. The molecule has 3 rings (SSSR count). The van der Waals surface area contributed by atoms with Gasteiger partial charge in [0.1, 0.15) is 12.2 Å². The maximum atomic E-state index is 12.3. The van der Waals surface area contributed by atoms with Crippen LogP contribution in [0.2, 0.25) is 0 Å². The average molecular weight is 324 g/mol. The van der Waals surface area contributed by atoms with E-state index in [-0.39, 0.29) is 12.2 Å². The third-order valence-corrected chi connectivity index (χ3v) is 3.49. The van der Waals surface area contributed by atoms with Crippen LogP contribution >= 0.6 is 0 Å². The number of aryl methyl sites for hydroxylation is 1. The molecule has 24 heavy (non-hydrogen) atoms. The van der Waals surface area contributed by atoms with E-state index in [0.717, 1.165) is 10.5 Å². The van der Waals surface area contributed by atoms with Crippen LogP contribution in [0.1, 0.15) is 5.56 Å². The Labute approximate surface area is 138 Å². The summed E-state index contributed by atoms with van der Waals surface area (Å²) in [4.78, 5) is 37.2. The largest absolute Gasteiger partial charge is 0.357 e. The molecule has 2 N–H and O–H groups in total. The van der Waals surface area contributed by atoms with E-state index in [1.807, 2.05) is 36.1 Å². The zero-order valence-corrected chi connectivity index (χ0v) is 13.0. The van der Waals surface area contributed by atoms with Crippen molar-refractivity contribution in [1.82, 2.24) is 14.8 Å². The predicted molar refractivity (Wildman–Crippen MR) is 88.7 cm³/mol. The van der Waals surface area contributed by atoms with Crippen molar-refractivity contribution in [2.45, 2.75) is 0 Å². The summed E-state index contributed by atoms with van der Waals surface area (Å²) in [7, 11) is 1.86. The number of carbonyl (C=O) groups excluding carboxylic acids is 3. The summed E-state index contributed by atoms with van der Waals surface area (Å²) in [6.07, 6.45) is 5.23. The van der Waals surface area contributed by atoms with Gasteiger partial charge in [0.2, 0.25) is 5.91 Å². The van der Waals surface area contributed by atoms with Crippen LogP contribution in [-0.4, -0.2) is 33.9 Å². The fourth-order valence-electron chi connectivity index (χ4n) is 2.36. The fourth-order valence-corrected chi connectivity index (χ4v) is 2.36. The molecule has 122 valence electrons. The first-order chi connectivity index (χ1) is 11.5. The highest BCUT2D eigenvalue weighted by atomic mass is 16.2. The normalized spacial score (nSPS) is 15.7. The minimum Gasteiger partial charge on any atom is -0.357 e. The number of carbonyl (C=O) groups is 3. The number of anilines is 1. The Morgan fingerprint density at radius 3 is 2.62 bits per heavy atom. The number of amides is 4. The van der Waals surface area contributed by atoms with Crippen molar-refractivity contribution in [2.75, 3.05) is 11.9 Å². The van der Waals surface area contributed by atoms with Crippen molar-refractivity contribution in [3.05, 3.63) is 60.1 Å². The number of benzene rings is 1. The average Bonchev–Trinajstić information content (AvgIpc) is 3.07. The molecule has 0 aliphatic carbocycles. The molecule has 0 spiro atoms. The summed E-state index contributed by atoms with van der Waals surface area (Å²) in [6, 6.07) is 10.1. The van der Waals surface area contributed by atoms with Gasteiger partial charge in [-0.1, -0.05) is 18.2 Å². The summed E-state index contributed by atoms with van der Waals surface area (Å²) in [6.45, 7) is -0.342. The molecule has 2 aromatic rings. The lowest BCUT2D eigenvalue weighted by molar-refractivity contribution is -0.127. The third-order valence-electron chi connectivity index (χ3n) is 3.49. The van der Waals surface area contributed by atoms with Crippen LogP contribution in [0.4, 0.5) is 10.5 Å². The maximum Gasteiger partial charge on any atom is 0.329 e. The molecular weight excluding hydrogens is 308 g/mol. The van der Waals surface area contributed by atoms with Crippen LogP contribution in [-0.2, 0) is 16.6 Å². The summed E-state index contributed by atoms with van der Waals surface area (Å²) in [5.74, 6) is -0.960. The molecule has 0 unspecified atom stereocenters. The number of hydrogen-bond donors (Lipinski definition) is 2. The lowest BCUT2D eigenvalue weighted by atomic mass is 10.2. The lowest BCUT2D eigenvalue weighted by Crippen LogP contribution is -2.38. The molecule has 2 heterocycles. The van der Waals surface area contributed by atoms with E-state index < -0.39 is 17.8 Å². The number of imide groups is 1. The van der Waals surface area contributed by atoms with Gasteiger partial charge in [0, 0.05) is 25.1 Å². The molecule has 0 saturated carbocycles. The minimum atomic E-state index is -0.606. The van der Waals surface area contributed by atoms with Crippen molar-refractivity contribution in [3.8, 4) is 0 Å². The highest BCUT2D eigenvalue weighted by molar-refractivity contribution is 6.15. The highest BCUT2D eigenvalue weighted by Crippen LogP contribution is 2.14. The van der Waals surface area contributed by atoms with Gasteiger partial charge in [-0.05, 0) is 29.8 Å². The Balaban J connectivity index is 1.68. The van der Waals surface area contributed by atoms with E-state index in [0.29, 0.717) is 5.69 Å². The number of nitrogens with one attached hydrogen (secondary N) is 2. The fraction of sp³-hybridized carbons (Fsp3) is 0.118. The Morgan fingerprint density at radius 2 is 1.96 bits per heavy atom. The predicted octanol–water partition coefficient (Wildman–Crippen LogP) is 1.56. The van der Waals surface area contributed by atoms with Gasteiger partial charge in [-0.15, -0.1) is 0 Å². The van der Waals surface area contributed by atoms with Gasteiger partial charge in [-0.2, -0.15) is 0 Å². The van der Waals surface area contributed by atoms with E-state index in [1.54, 1.807) is 30.3 Å². The molecule has 7 heteroatoms. The molecule has 1 aromatic carbocycles. The molecule has 1 fully saturated rings. The number of aromatic nitrogens is 1. The second-order valence-electron chi connectivity index (χ2n) is 5.40. The van der Waals surface area contributed by atoms with Gasteiger partial charge in [0.25, 0.3) is 5.91 Å². The molecule has 1 aliphatic rings. The van der Waals surface area contributed by atoms with E-state index in [1.165, 1.54) is 0 Å². The number of rotatable bonds is 4. The second-order valence-corrected chi connectivity index (χ2v) is 5.40. The Kier molecular flexibility index (Phi) is 4.15. The van der Waals surface area contributed by atoms with E-state index in [4.69, 9.17) is 0 Å². The lowest BCUT2D eigenvalue weighted by Gasteiger charge is -2.11. The first-order valence-corrected chi connectivity index (χ1v) is 7.34. The second kappa shape index (κ2) is 6.41. The number of urea groups is 1. The first-order valence-electron chi connectivity index (χ1n) is 7.34. The molecule has 1 aromatic heterocycles. The van der Waals surface area contributed by atoms with Gasteiger partial charge in [0.05, 0.1) is 0 Å². The van der Waals surface area contributed by atoms with Crippen LogP contribution in [0.3, 0.4) is 0 Å². The Bertz CT molecular complexity index is 823. The first kappa shape index (κ1) is 15.5. The van der Waals surface area contributed by atoms with Crippen molar-refractivity contribution >= 4 is 29.6 Å². The molecule has 1 saturated heterocycles. The third kappa shape index (κ3) is 3.35. The minimum absolute atomic E-state index is 0.152. The molecule has 4 amide bonds. The molecule has 0 radical (unpaired) electrons. The van der Waals surface area contributed by atoms with Gasteiger partial charge in [-0.3, -0.25) is 9.59 Å². The summed E-state index contributed by atoms with van der Waals surface area (Å²) < 4.78 is 1.83.